The second kappa shape index (κ2) is 7.73. The molecule has 2 aromatic rings. The topological polar surface area (TPSA) is 79.4 Å². The Hall–Kier alpha value is -1.96. The third-order valence-electron chi connectivity index (χ3n) is 4.25. The highest BCUT2D eigenvalue weighted by Gasteiger charge is 2.27. The molecule has 1 aromatic heterocycles. The lowest BCUT2D eigenvalue weighted by Gasteiger charge is -2.33. The number of halogens is 1. The van der Waals surface area contributed by atoms with Gasteiger partial charge < -0.3 is 4.90 Å². The van der Waals surface area contributed by atoms with E-state index in [2.05, 4.69) is 9.71 Å². The molecule has 1 aliphatic rings. The summed E-state index contributed by atoms with van der Waals surface area (Å²) < 4.78 is 25.5. The molecular weight excluding hydrogens is 374 g/mol. The lowest BCUT2D eigenvalue weighted by atomic mass is 10.0. The minimum atomic E-state index is -3.31. The molecule has 1 saturated heterocycles. The number of benzene rings is 1. The molecule has 1 fully saturated rings. The van der Waals surface area contributed by atoms with Crippen LogP contribution < -0.4 is 4.72 Å². The van der Waals surface area contributed by atoms with Crippen molar-refractivity contribution in [1.82, 2.24) is 14.6 Å². The van der Waals surface area contributed by atoms with Gasteiger partial charge in [0.15, 0.2) is 0 Å². The SMILES string of the molecule is CS(=O)(=O)NC1CCCN(C(=O)c2cc(-c3ccccn3)ccc2Cl)C1. The fourth-order valence-corrected chi connectivity index (χ4v) is 4.11. The highest BCUT2D eigenvalue weighted by molar-refractivity contribution is 7.88. The van der Waals surface area contributed by atoms with Crippen molar-refractivity contribution >= 4 is 27.5 Å². The van der Waals surface area contributed by atoms with E-state index in [4.69, 9.17) is 11.6 Å². The van der Waals surface area contributed by atoms with Crippen LogP contribution in [0.25, 0.3) is 11.3 Å². The maximum atomic E-state index is 13.0. The second-order valence-electron chi connectivity index (χ2n) is 6.39. The zero-order chi connectivity index (χ0) is 18.7. The number of pyridine rings is 1. The zero-order valence-corrected chi connectivity index (χ0v) is 15.9. The molecule has 1 N–H and O–H groups in total. The molecule has 8 heteroatoms. The van der Waals surface area contributed by atoms with E-state index in [-0.39, 0.29) is 11.9 Å². The van der Waals surface area contributed by atoms with Crippen LogP contribution in [0.4, 0.5) is 0 Å². The van der Waals surface area contributed by atoms with Crippen LogP contribution in [-0.4, -0.2) is 49.6 Å². The minimum Gasteiger partial charge on any atom is -0.337 e. The lowest BCUT2D eigenvalue weighted by molar-refractivity contribution is 0.0703. The average molecular weight is 394 g/mol. The maximum absolute atomic E-state index is 13.0. The number of likely N-dealkylation sites (tertiary alicyclic amines) is 1. The van der Waals surface area contributed by atoms with Crippen molar-refractivity contribution in [2.75, 3.05) is 19.3 Å². The van der Waals surface area contributed by atoms with E-state index in [0.717, 1.165) is 23.9 Å². The summed E-state index contributed by atoms with van der Waals surface area (Å²) in [5.41, 5.74) is 1.96. The third-order valence-corrected chi connectivity index (χ3v) is 5.34. The van der Waals surface area contributed by atoms with Gasteiger partial charge in [-0.15, -0.1) is 0 Å². The van der Waals surface area contributed by atoms with Crippen LogP contribution in [0.2, 0.25) is 5.02 Å². The van der Waals surface area contributed by atoms with Gasteiger partial charge in [0.05, 0.1) is 22.5 Å². The van der Waals surface area contributed by atoms with Crippen LogP contribution in [0.5, 0.6) is 0 Å². The summed E-state index contributed by atoms with van der Waals surface area (Å²) in [7, 11) is -3.31. The van der Waals surface area contributed by atoms with E-state index in [1.807, 2.05) is 24.3 Å². The normalized spacial score (nSPS) is 17.9. The van der Waals surface area contributed by atoms with Gasteiger partial charge in [-0.1, -0.05) is 23.7 Å². The van der Waals surface area contributed by atoms with Crippen LogP contribution in [0, 0.1) is 0 Å². The number of nitrogens with zero attached hydrogens (tertiary/aromatic N) is 2. The molecule has 26 heavy (non-hydrogen) atoms. The average Bonchev–Trinajstić information content (AvgIpc) is 2.61. The third kappa shape index (κ3) is 4.60. The monoisotopic (exact) mass is 393 g/mol. The van der Waals surface area contributed by atoms with Gasteiger partial charge in [0.2, 0.25) is 10.0 Å². The van der Waals surface area contributed by atoms with Gasteiger partial charge in [-0.05, 0) is 37.1 Å². The smallest absolute Gasteiger partial charge is 0.255 e. The molecule has 1 atom stereocenters. The highest BCUT2D eigenvalue weighted by Crippen LogP contribution is 2.26. The van der Waals surface area contributed by atoms with Crippen molar-refractivity contribution in [2.24, 2.45) is 0 Å². The maximum Gasteiger partial charge on any atom is 0.255 e. The number of sulfonamides is 1. The fraction of sp³-hybridized carbons (Fsp3) is 0.333. The van der Waals surface area contributed by atoms with Crippen molar-refractivity contribution in [3.63, 3.8) is 0 Å². The van der Waals surface area contributed by atoms with E-state index in [1.54, 1.807) is 23.2 Å². The molecule has 1 aromatic carbocycles. The Morgan fingerprint density at radius 2 is 2.12 bits per heavy atom. The van der Waals surface area contributed by atoms with Crippen LogP contribution >= 0.6 is 11.6 Å². The Morgan fingerprint density at radius 1 is 1.31 bits per heavy atom. The Morgan fingerprint density at radius 3 is 2.81 bits per heavy atom. The van der Waals surface area contributed by atoms with Crippen molar-refractivity contribution in [3.05, 3.63) is 53.2 Å². The summed E-state index contributed by atoms with van der Waals surface area (Å²) in [6.07, 6.45) is 4.26. The quantitative estimate of drug-likeness (QED) is 0.865. The van der Waals surface area contributed by atoms with E-state index < -0.39 is 10.0 Å². The predicted molar refractivity (Wildman–Crippen MR) is 102 cm³/mol. The number of hydrogen-bond acceptors (Lipinski definition) is 4. The molecule has 1 aliphatic heterocycles. The summed E-state index contributed by atoms with van der Waals surface area (Å²) in [6.45, 7) is 0.904. The van der Waals surface area contributed by atoms with E-state index in [0.29, 0.717) is 30.1 Å². The van der Waals surface area contributed by atoms with Crippen LogP contribution in [0.15, 0.2) is 42.6 Å². The van der Waals surface area contributed by atoms with E-state index in [9.17, 15) is 13.2 Å². The number of piperidine rings is 1. The van der Waals surface area contributed by atoms with Gasteiger partial charge >= 0.3 is 0 Å². The zero-order valence-electron chi connectivity index (χ0n) is 14.4. The van der Waals surface area contributed by atoms with Gasteiger partial charge in [-0.2, -0.15) is 0 Å². The summed E-state index contributed by atoms with van der Waals surface area (Å²) in [6, 6.07) is 10.5. The summed E-state index contributed by atoms with van der Waals surface area (Å²) in [4.78, 5) is 18.9. The molecule has 1 amide bonds. The summed E-state index contributed by atoms with van der Waals surface area (Å²) in [5.74, 6) is -0.201. The Bertz CT molecular complexity index is 903. The van der Waals surface area contributed by atoms with Crippen LogP contribution in [0.1, 0.15) is 23.2 Å². The fourth-order valence-electron chi connectivity index (χ4n) is 3.11. The Kier molecular flexibility index (Phi) is 5.60. The predicted octanol–water partition coefficient (Wildman–Crippen LogP) is 2.56. The van der Waals surface area contributed by atoms with Gasteiger partial charge in [0, 0.05) is 30.9 Å². The second-order valence-corrected chi connectivity index (χ2v) is 8.58. The minimum absolute atomic E-state index is 0.201. The van der Waals surface area contributed by atoms with Gasteiger partial charge in [0.1, 0.15) is 0 Å². The van der Waals surface area contributed by atoms with Gasteiger partial charge in [0.25, 0.3) is 5.91 Å². The highest BCUT2D eigenvalue weighted by atomic mass is 35.5. The van der Waals surface area contributed by atoms with Crippen molar-refractivity contribution in [3.8, 4) is 11.3 Å². The van der Waals surface area contributed by atoms with Gasteiger partial charge in [-0.3, -0.25) is 9.78 Å². The van der Waals surface area contributed by atoms with Crippen LogP contribution in [0.3, 0.4) is 0 Å². The van der Waals surface area contributed by atoms with Crippen LogP contribution in [-0.2, 0) is 10.0 Å². The van der Waals surface area contributed by atoms with Crippen molar-refractivity contribution in [1.29, 1.82) is 0 Å². The summed E-state index contributed by atoms with van der Waals surface area (Å²) in [5, 5.41) is 0.368. The number of aromatic nitrogens is 1. The molecule has 3 rings (SSSR count). The van der Waals surface area contributed by atoms with Gasteiger partial charge in [-0.25, -0.2) is 13.1 Å². The number of rotatable bonds is 4. The number of amides is 1. The molecule has 0 aliphatic carbocycles. The molecular formula is C18H20ClN3O3S. The molecule has 0 bridgehead atoms. The number of hydrogen-bond donors (Lipinski definition) is 1. The lowest BCUT2D eigenvalue weighted by Crippen LogP contribution is -2.49. The van der Waals surface area contributed by atoms with E-state index >= 15 is 0 Å². The first kappa shape index (κ1) is 18.8. The summed E-state index contributed by atoms with van der Waals surface area (Å²) >= 11 is 6.26. The molecule has 0 saturated carbocycles. The largest absolute Gasteiger partial charge is 0.337 e. The number of nitrogens with one attached hydrogen (secondary N) is 1. The van der Waals surface area contributed by atoms with Crippen molar-refractivity contribution in [2.45, 2.75) is 18.9 Å². The molecule has 6 nitrogen and oxygen atoms in total. The first-order valence-corrected chi connectivity index (χ1v) is 10.6. The number of carbonyl (C=O) groups is 1. The standard InChI is InChI=1S/C18H20ClN3O3S/c1-26(24,25)21-14-5-4-10-22(12-14)18(23)15-11-13(7-8-16(15)19)17-6-2-3-9-20-17/h2-3,6-9,11,14,21H,4-5,10,12H2,1H3. The molecule has 2 heterocycles. The Labute approximate surface area is 158 Å². The Balaban J connectivity index is 1.83. The molecule has 1 unspecified atom stereocenters. The first-order chi connectivity index (χ1) is 12.3. The van der Waals surface area contributed by atoms with E-state index in [1.165, 1.54) is 0 Å². The first-order valence-electron chi connectivity index (χ1n) is 8.31. The van der Waals surface area contributed by atoms with Crippen molar-refractivity contribution < 1.29 is 13.2 Å². The molecule has 0 spiro atoms. The molecule has 0 radical (unpaired) electrons. The number of carbonyl (C=O) groups excluding carboxylic acids is 1. The molecule has 138 valence electrons.